The van der Waals surface area contributed by atoms with Crippen LogP contribution in [-0.4, -0.2) is 36.0 Å². The number of nitrogens with zero attached hydrogens (tertiary/aromatic N) is 1. The highest BCUT2D eigenvalue weighted by atomic mass is 35.5. The summed E-state index contributed by atoms with van der Waals surface area (Å²) in [5.74, 6) is -1.12. The number of methoxy groups -OCH3 is 1. The van der Waals surface area contributed by atoms with Crippen LogP contribution >= 0.6 is 11.6 Å². The van der Waals surface area contributed by atoms with Gasteiger partial charge in [-0.2, -0.15) is 13.2 Å². The number of nitrogens with one attached hydrogen (secondary N) is 3. The number of ether oxygens (including phenoxy) is 1. The molecule has 0 aliphatic heterocycles. The van der Waals surface area contributed by atoms with Crippen molar-refractivity contribution in [1.29, 1.82) is 0 Å². The van der Waals surface area contributed by atoms with Gasteiger partial charge in [-0.05, 0) is 66.1 Å². The first-order valence-electron chi connectivity index (χ1n) is 14.3. The third kappa shape index (κ3) is 8.64. The van der Waals surface area contributed by atoms with E-state index in [9.17, 15) is 27.6 Å². The molecule has 1 heterocycles. The second kappa shape index (κ2) is 14.6. The number of alkyl halides is 3. The fourth-order valence-electron chi connectivity index (χ4n) is 4.68. The number of hydrogen-bond acceptors (Lipinski definition) is 4. The molecule has 238 valence electrons. The lowest BCUT2D eigenvalue weighted by atomic mass is 10.1. The monoisotopic (exact) mass is 642 g/mol. The topological polar surface area (TPSA) is 101 Å². The van der Waals surface area contributed by atoms with Gasteiger partial charge in [-0.25, -0.2) is 0 Å². The van der Waals surface area contributed by atoms with Gasteiger partial charge in [-0.3, -0.25) is 14.4 Å². The van der Waals surface area contributed by atoms with Crippen LogP contribution in [-0.2, 0) is 35.3 Å². The smallest absolute Gasteiger partial charge is 0.385 e. The molecular weight excluding hydrogens is 609 g/mol. The molecule has 45 heavy (non-hydrogen) atoms. The molecule has 0 saturated heterocycles. The summed E-state index contributed by atoms with van der Waals surface area (Å²) >= 11 is 6.33. The maximum Gasteiger partial charge on any atom is 0.416 e. The number of rotatable bonds is 12. The molecule has 0 radical (unpaired) electrons. The number of carbonyl (C=O) groups is 3. The van der Waals surface area contributed by atoms with Gasteiger partial charge < -0.3 is 25.3 Å². The lowest BCUT2D eigenvalue weighted by molar-refractivity contribution is -0.137. The number of anilines is 1. The normalized spacial score (nSPS) is 11.6. The summed E-state index contributed by atoms with van der Waals surface area (Å²) in [6, 6.07) is 16.5. The molecule has 0 spiro atoms. The number of hydrogen-bond donors (Lipinski definition) is 3. The van der Waals surface area contributed by atoms with Gasteiger partial charge in [0.2, 0.25) is 5.91 Å². The van der Waals surface area contributed by atoms with E-state index in [0.717, 1.165) is 17.6 Å². The van der Waals surface area contributed by atoms with Gasteiger partial charge in [0.1, 0.15) is 5.69 Å². The Morgan fingerprint density at radius 3 is 2.24 bits per heavy atom. The largest absolute Gasteiger partial charge is 0.416 e. The van der Waals surface area contributed by atoms with Gasteiger partial charge in [0.25, 0.3) is 11.8 Å². The predicted octanol–water partition coefficient (Wildman–Crippen LogP) is 6.80. The molecule has 0 unspecified atom stereocenters. The highest BCUT2D eigenvalue weighted by Crippen LogP contribution is 2.29. The van der Waals surface area contributed by atoms with E-state index >= 15 is 0 Å². The van der Waals surface area contributed by atoms with Crippen molar-refractivity contribution >= 4 is 45.9 Å². The van der Waals surface area contributed by atoms with Crippen molar-refractivity contribution in [3.63, 3.8) is 0 Å². The quantitative estimate of drug-likeness (QED) is 0.148. The summed E-state index contributed by atoms with van der Waals surface area (Å²) in [5, 5.41) is 9.40. The van der Waals surface area contributed by atoms with Crippen molar-refractivity contribution in [2.24, 2.45) is 5.92 Å². The van der Waals surface area contributed by atoms with Crippen LogP contribution in [0.25, 0.3) is 10.9 Å². The van der Waals surface area contributed by atoms with E-state index < -0.39 is 23.6 Å². The van der Waals surface area contributed by atoms with Crippen LogP contribution in [0.5, 0.6) is 0 Å². The molecule has 8 nitrogen and oxygen atoms in total. The third-order valence-corrected chi connectivity index (χ3v) is 7.45. The van der Waals surface area contributed by atoms with Gasteiger partial charge >= 0.3 is 6.18 Å². The van der Waals surface area contributed by atoms with Gasteiger partial charge in [0.15, 0.2) is 0 Å². The van der Waals surface area contributed by atoms with Crippen LogP contribution in [0.1, 0.15) is 57.8 Å². The van der Waals surface area contributed by atoms with Crippen LogP contribution < -0.4 is 16.0 Å². The molecule has 12 heteroatoms. The lowest BCUT2D eigenvalue weighted by Crippen LogP contribution is -2.27. The summed E-state index contributed by atoms with van der Waals surface area (Å²) in [7, 11) is 1.59. The Kier molecular flexibility index (Phi) is 10.9. The number of halogens is 4. The Labute approximate surface area is 263 Å². The number of aryl methyl sites for hydroxylation is 1. The van der Waals surface area contributed by atoms with Gasteiger partial charge in [-0.15, -0.1) is 0 Å². The van der Waals surface area contributed by atoms with Crippen LogP contribution in [0.4, 0.5) is 18.9 Å². The standard InChI is InChI=1S/C33H34ClF3N4O4/c1-20(2)30(42)38-19-22-7-11-27(34)26(15-22)31(43)40-25-10-12-28-23(16-25)17-29(41(28)13-4-14-45-3)32(44)39-18-21-5-8-24(9-6-21)33(35,36)37/h5-12,15-17,20H,4,13-14,18-19H2,1-3H3,(H,38,42)(H,39,44)(H,40,43). The highest BCUT2D eigenvalue weighted by molar-refractivity contribution is 6.34. The molecule has 0 aliphatic carbocycles. The van der Waals surface area contributed by atoms with E-state index in [-0.39, 0.29) is 35.5 Å². The minimum atomic E-state index is -4.44. The highest BCUT2D eigenvalue weighted by Gasteiger charge is 2.30. The fraction of sp³-hybridized carbons (Fsp3) is 0.303. The molecule has 0 aliphatic rings. The van der Waals surface area contributed by atoms with Crippen LogP contribution in [0.15, 0.2) is 66.7 Å². The van der Waals surface area contributed by atoms with E-state index in [1.54, 1.807) is 63.4 Å². The summed E-state index contributed by atoms with van der Waals surface area (Å²) < 4.78 is 45.7. The second-order valence-corrected chi connectivity index (χ2v) is 11.2. The van der Waals surface area contributed by atoms with Crippen LogP contribution in [0.3, 0.4) is 0 Å². The predicted molar refractivity (Wildman–Crippen MR) is 167 cm³/mol. The van der Waals surface area contributed by atoms with Crippen molar-refractivity contribution in [2.45, 2.75) is 46.1 Å². The average molecular weight is 643 g/mol. The Hall–Kier alpha value is -4.35. The van der Waals surface area contributed by atoms with Gasteiger partial charge in [-0.1, -0.05) is 43.6 Å². The zero-order valence-corrected chi connectivity index (χ0v) is 25.8. The van der Waals surface area contributed by atoms with Crippen molar-refractivity contribution in [3.05, 3.63) is 99.7 Å². The summed E-state index contributed by atoms with van der Waals surface area (Å²) in [5.41, 5.74) is 2.31. The van der Waals surface area contributed by atoms with Gasteiger partial charge in [0.05, 0.1) is 16.1 Å². The molecule has 3 amide bonds. The van der Waals surface area contributed by atoms with Crippen molar-refractivity contribution in [1.82, 2.24) is 15.2 Å². The molecule has 0 bridgehead atoms. The molecule has 1 aromatic heterocycles. The number of aromatic nitrogens is 1. The van der Waals surface area contributed by atoms with E-state index in [1.165, 1.54) is 12.1 Å². The zero-order chi connectivity index (χ0) is 32.7. The Morgan fingerprint density at radius 1 is 0.889 bits per heavy atom. The molecule has 0 saturated carbocycles. The molecule has 0 atom stereocenters. The number of carbonyl (C=O) groups excluding carboxylic acids is 3. The molecule has 4 aromatic rings. The van der Waals surface area contributed by atoms with E-state index in [1.807, 2.05) is 4.57 Å². The van der Waals surface area contributed by atoms with Crippen LogP contribution in [0, 0.1) is 5.92 Å². The zero-order valence-electron chi connectivity index (χ0n) is 25.1. The number of benzene rings is 3. The minimum absolute atomic E-state index is 0.0405. The number of amides is 3. The van der Waals surface area contributed by atoms with Crippen molar-refractivity contribution in [2.75, 3.05) is 19.0 Å². The summed E-state index contributed by atoms with van der Waals surface area (Å²) in [6.45, 7) is 4.82. The Bertz CT molecular complexity index is 1680. The Morgan fingerprint density at radius 2 is 1.58 bits per heavy atom. The lowest BCUT2D eigenvalue weighted by Gasteiger charge is -2.12. The Balaban J connectivity index is 1.53. The minimum Gasteiger partial charge on any atom is -0.385 e. The molecule has 4 rings (SSSR count). The maximum atomic E-state index is 13.3. The van der Waals surface area contributed by atoms with E-state index in [2.05, 4.69) is 16.0 Å². The third-order valence-electron chi connectivity index (χ3n) is 7.12. The molecule has 3 N–H and O–H groups in total. The summed E-state index contributed by atoms with van der Waals surface area (Å²) in [4.78, 5) is 38.4. The SMILES string of the molecule is COCCCn1c(C(=O)NCc2ccc(C(F)(F)F)cc2)cc2cc(NC(=O)c3cc(CNC(=O)C(C)C)ccc3Cl)ccc21. The first-order chi connectivity index (χ1) is 21.4. The summed E-state index contributed by atoms with van der Waals surface area (Å²) in [6.07, 6.45) is -3.81. The van der Waals surface area contributed by atoms with E-state index in [4.69, 9.17) is 16.3 Å². The number of fused-ring (bicyclic) bond motifs is 1. The maximum absolute atomic E-state index is 13.3. The van der Waals surface area contributed by atoms with Crippen molar-refractivity contribution in [3.8, 4) is 0 Å². The van der Waals surface area contributed by atoms with Crippen molar-refractivity contribution < 1.29 is 32.3 Å². The van der Waals surface area contributed by atoms with Crippen LogP contribution in [0.2, 0.25) is 5.02 Å². The second-order valence-electron chi connectivity index (χ2n) is 10.8. The first kappa shape index (κ1) is 33.5. The fourth-order valence-corrected chi connectivity index (χ4v) is 4.88. The molecule has 0 fully saturated rings. The van der Waals surface area contributed by atoms with Gasteiger partial charge in [0, 0.05) is 55.9 Å². The first-order valence-corrected chi connectivity index (χ1v) is 14.7. The molecular formula is C33H34ClF3N4O4. The molecule has 3 aromatic carbocycles. The van der Waals surface area contributed by atoms with E-state index in [0.29, 0.717) is 47.5 Å². The average Bonchev–Trinajstić information content (AvgIpc) is 3.36.